The summed E-state index contributed by atoms with van der Waals surface area (Å²) in [4.78, 5) is 26.3. The second kappa shape index (κ2) is 3.99. The minimum Gasteiger partial charge on any atom is -0.273 e. The van der Waals surface area contributed by atoms with Crippen LogP contribution >= 0.6 is 12.2 Å². The topological polar surface area (TPSA) is 37.4 Å². The van der Waals surface area contributed by atoms with E-state index in [4.69, 9.17) is 12.2 Å². The molecule has 0 bridgehead atoms. The average Bonchev–Trinajstić information content (AvgIpc) is 2.64. The lowest BCUT2D eigenvalue weighted by Crippen LogP contribution is -2.31. The number of allylic oxidation sites excluding steroid dienone is 3. The Balaban J connectivity index is 2.08. The first-order chi connectivity index (χ1) is 8.70. The van der Waals surface area contributed by atoms with Gasteiger partial charge in [0.15, 0.2) is 0 Å². The molecule has 3 rings (SSSR count). The molecule has 1 heterocycles. The summed E-state index contributed by atoms with van der Waals surface area (Å²) in [6.45, 7) is 0. The van der Waals surface area contributed by atoms with Crippen molar-refractivity contribution in [2.24, 2.45) is 5.92 Å². The monoisotopic (exact) mass is 255 g/mol. The molecule has 3 nitrogen and oxygen atoms in total. The number of nitrogens with zero attached hydrogens (tertiary/aromatic N) is 1. The molecule has 1 aromatic rings. The molecule has 2 aliphatic rings. The Morgan fingerprint density at radius 2 is 1.83 bits per heavy atom. The van der Waals surface area contributed by atoms with E-state index in [9.17, 15) is 9.59 Å². The quantitative estimate of drug-likeness (QED) is 0.569. The molecule has 4 heteroatoms. The second-order valence-electron chi connectivity index (χ2n) is 4.13. The van der Waals surface area contributed by atoms with Gasteiger partial charge in [0.05, 0.1) is 5.69 Å². The fraction of sp³-hybridized carbons (Fsp3) is 0.0714. The van der Waals surface area contributed by atoms with Gasteiger partial charge in [-0.05, 0) is 18.2 Å². The number of para-hydroxylation sites is 1. The first kappa shape index (κ1) is 11.0. The van der Waals surface area contributed by atoms with E-state index in [1.807, 2.05) is 6.07 Å². The fourth-order valence-corrected chi connectivity index (χ4v) is 2.53. The average molecular weight is 255 g/mol. The van der Waals surface area contributed by atoms with Gasteiger partial charge in [0.1, 0.15) is 5.92 Å². The van der Waals surface area contributed by atoms with Gasteiger partial charge in [0.25, 0.3) is 5.91 Å². The van der Waals surface area contributed by atoms with E-state index in [2.05, 4.69) is 0 Å². The number of rotatable bonds is 1. The molecule has 0 spiro atoms. The predicted molar refractivity (Wildman–Crippen MR) is 72.2 cm³/mol. The summed E-state index contributed by atoms with van der Waals surface area (Å²) in [5.41, 5.74) is 1.06. The number of anilines is 1. The molecule has 1 saturated heterocycles. The molecule has 0 N–H and O–H groups in total. The highest BCUT2D eigenvalue weighted by Gasteiger charge is 2.45. The van der Waals surface area contributed by atoms with Crippen molar-refractivity contribution in [1.82, 2.24) is 0 Å². The maximum atomic E-state index is 12.3. The van der Waals surface area contributed by atoms with Crippen LogP contribution in [-0.2, 0) is 9.59 Å². The normalized spacial score (nSPS) is 22.2. The largest absolute Gasteiger partial charge is 0.273 e. The van der Waals surface area contributed by atoms with Gasteiger partial charge in [0, 0.05) is 10.4 Å². The third-order valence-corrected chi connectivity index (χ3v) is 3.44. The van der Waals surface area contributed by atoms with E-state index >= 15 is 0 Å². The number of carbonyl (C=O) groups is 2. The fourth-order valence-electron chi connectivity index (χ4n) is 2.22. The molecular formula is C14H9NO2S. The van der Waals surface area contributed by atoms with E-state index in [0.29, 0.717) is 16.1 Å². The molecule has 0 radical (unpaired) electrons. The Labute approximate surface area is 109 Å². The summed E-state index contributed by atoms with van der Waals surface area (Å²) in [5.74, 6) is -1.12. The van der Waals surface area contributed by atoms with Crippen LogP contribution < -0.4 is 4.90 Å². The second-order valence-corrected chi connectivity index (χ2v) is 4.60. The molecule has 0 aromatic heterocycles. The molecule has 88 valence electrons. The van der Waals surface area contributed by atoms with Gasteiger partial charge in [-0.2, -0.15) is 0 Å². The van der Waals surface area contributed by atoms with Gasteiger partial charge in [-0.25, -0.2) is 4.90 Å². The smallest absolute Gasteiger partial charge is 0.262 e. The molecule has 2 amide bonds. The van der Waals surface area contributed by atoms with E-state index in [1.54, 1.807) is 42.5 Å². The molecule has 1 unspecified atom stereocenters. The first-order valence-electron chi connectivity index (χ1n) is 5.55. The summed E-state index contributed by atoms with van der Waals surface area (Å²) in [6, 6.07) is 8.91. The molecule has 1 fully saturated rings. The van der Waals surface area contributed by atoms with Gasteiger partial charge in [-0.1, -0.05) is 42.6 Å². The van der Waals surface area contributed by atoms with E-state index in [-0.39, 0.29) is 11.8 Å². The highest BCUT2D eigenvalue weighted by atomic mass is 32.1. The Morgan fingerprint density at radius 3 is 2.50 bits per heavy atom. The predicted octanol–water partition coefficient (Wildman–Crippen LogP) is 2.04. The summed E-state index contributed by atoms with van der Waals surface area (Å²) in [6.07, 6.45) is 5.08. The third-order valence-electron chi connectivity index (χ3n) is 3.06. The van der Waals surface area contributed by atoms with Crippen molar-refractivity contribution in [3.8, 4) is 0 Å². The zero-order chi connectivity index (χ0) is 12.7. The van der Waals surface area contributed by atoms with Crippen molar-refractivity contribution in [2.75, 3.05) is 4.90 Å². The van der Waals surface area contributed by atoms with Crippen molar-refractivity contribution in [1.29, 1.82) is 0 Å². The SMILES string of the molecule is O=C1C2=CC=CC(=S)C2C(=O)N1c1ccccc1. The molecule has 18 heavy (non-hydrogen) atoms. The number of amides is 2. The zero-order valence-corrected chi connectivity index (χ0v) is 10.2. The van der Waals surface area contributed by atoms with Crippen LogP contribution in [0.2, 0.25) is 0 Å². The molecular weight excluding hydrogens is 246 g/mol. The summed E-state index contributed by atoms with van der Waals surface area (Å²) in [5, 5.41) is 0. The van der Waals surface area contributed by atoms with Crippen LogP contribution in [0, 0.1) is 5.92 Å². The van der Waals surface area contributed by atoms with Crippen LogP contribution in [0.3, 0.4) is 0 Å². The van der Waals surface area contributed by atoms with Crippen molar-refractivity contribution < 1.29 is 9.59 Å². The lowest BCUT2D eigenvalue weighted by atomic mass is 9.94. The summed E-state index contributed by atoms with van der Waals surface area (Å²) >= 11 is 5.15. The van der Waals surface area contributed by atoms with Crippen molar-refractivity contribution in [3.05, 3.63) is 54.1 Å². The summed E-state index contributed by atoms with van der Waals surface area (Å²) < 4.78 is 0. The van der Waals surface area contributed by atoms with Gasteiger partial charge in [-0.3, -0.25) is 9.59 Å². The number of carbonyl (C=O) groups excluding carboxylic acids is 2. The van der Waals surface area contributed by atoms with E-state index in [1.165, 1.54) is 4.90 Å². The lowest BCUT2D eigenvalue weighted by molar-refractivity contribution is -0.121. The Bertz CT molecular complexity index is 616. The number of hydrogen-bond donors (Lipinski definition) is 0. The maximum absolute atomic E-state index is 12.3. The third kappa shape index (κ3) is 1.46. The van der Waals surface area contributed by atoms with Gasteiger partial charge in [-0.15, -0.1) is 0 Å². The number of imide groups is 1. The van der Waals surface area contributed by atoms with Crippen LogP contribution in [-0.4, -0.2) is 16.7 Å². The number of benzene rings is 1. The minimum absolute atomic E-state index is 0.258. The highest BCUT2D eigenvalue weighted by Crippen LogP contribution is 2.33. The van der Waals surface area contributed by atoms with E-state index < -0.39 is 5.92 Å². The highest BCUT2D eigenvalue weighted by molar-refractivity contribution is 7.80. The van der Waals surface area contributed by atoms with Crippen LogP contribution in [0.1, 0.15) is 0 Å². The van der Waals surface area contributed by atoms with Crippen LogP contribution in [0.25, 0.3) is 0 Å². The molecule has 1 atom stereocenters. The molecule has 1 aliphatic carbocycles. The molecule has 1 aromatic carbocycles. The zero-order valence-electron chi connectivity index (χ0n) is 9.37. The number of fused-ring (bicyclic) bond motifs is 1. The van der Waals surface area contributed by atoms with Crippen molar-refractivity contribution in [3.63, 3.8) is 0 Å². The van der Waals surface area contributed by atoms with Crippen molar-refractivity contribution >= 4 is 34.6 Å². The first-order valence-corrected chi connectivity index (χ1v) is 5.96. The lowest BCUT2D eigenvalue weighted by Gasteiger charge is -2.13. The number of hydrogen-bond acceptors (Lipinski definition) is 3. The van der Waals surface area contributed by atoms with Gasteiger partial charge in [0.2, 0.25) is 5.91 Å². The summed E-state index contributed by atoms with van der Waals surface area (Å²) in [7, 11) is 0. The van der Waals surface area contributed by atoms with Gasteiger partial charge >= 0.3 is 0 Å². The van der Waals surface area contributed by atoms with E-state index in [0.717, 1.165) is 0 Å². The number of thiocarbonyl (C=S) groups is 1. The van der Waals surface area contributed by atoms with Crippen LogP contribution in [0.5, 0.6) is 0 Å². The van der Waals surface area contributed by atoms with Crippen molar-refractivity contribution in [2.45, 2.75) is 0 Å². The maximum Gasteiger partial charge on any atom is 0.262 e. The Morgan fingerprint density at radius 1 is 1.11 bits per heavy atom. The van der Waals surface area contributed by atoms with Gasteiger partial charge < -0.3 is 0 Å². The van der Waals surface area contributed by atoms with Crippen LogP contribution in [0.4, 0.5) is 5.69 Å². The minimum atomic E-state index is -0.585. The standard InChI is InChI=1S/C14H9NO2S/c16-13-10-7-4-8-11(18)12(10)14(17)15(13)9-5-2-1-3-6-9/h1-8,12H. The van der Waals surface area contributed by atoms with Crippen LogP contribution in [0.15, 0.2) is 54.1 Å². The molecule has 1 aliphatic heterocycles. The Kier molecular flexibility index (Phi) is 2.45. The molecule has 0 saturated carbocycles. The Hall–Kier alpha value is -2.07.